The van der Waals surface area contributed by atoms with E-state index in [0.29, 0.717) is 24.6 Å². The highest BCUT2D eigenvalue weighted by Crippen LogP contribution is 2.38. The molecule has 108 valence electrons. The van der Waals surface area contributed by atoms with E-state index in [1.807, 2.05) is 26.0 Å². The largest absolute Gasteiger partial charge is 0.481 e. The summed E-state index contributed by atoms with van der Waals surface area (Å²) in [6.45, 7) is 3.88. The Morgan fingerprint density at radius 3 is 2.65 bits per heavy atom. The maximum atomic E-state index is 12.3. The molecule has 1 aliphatic rings. The van der Waals surface area contributed by atoms with E-state index in [1.54, 1.807) is 6.07 Å². The second kappa shape index (κ2) is 6.03. The lowest BCUT2D eigenvalue weighted by atomic mass is 9.95. The van der Waals surface area contributed by atoms with Crippen molar-refractivity contribution in [1.29, 1.82) is 0 Å². The fourth-order valence-corrected chi connectivity index (χ4v) is 2.87. The van der Waals surface area contributed by atoms with Crippen LogP contribution in [0, 0.1) is 24.7 Å². The molecule has 1 aliphatic carbocycles. The highest BCUT2D eigenvalue weighted by Gasteiger charge is 2.42. The molecule has 0 saturated heterocycles. The van der Waals surface area contributed by atoms with Crippen LogP contribution in [-0.2, 0) is 9.59 Å². The summed E-state index contributed by atoms with van der Waals surface area (Å²) in [6, 6.07) is 5.38. The molecule has 2 rings (SSSR count). The number of nitrogens with one attached hydrogen (secondary N) is 1. The molecule has 3 unspecified atom stereocenters. The minimum Gasteiger partial charge on any atom is -0.481 e. The predicted molar refractivity (Wildman–Crippen MR) is 75.2 cm³/mol. The fourth-order valence-electron chi connectivity index (χ4n) is 2.87. The van der Waals surface area contributed by atoms with Gasteiger partial charge < -0.3 is 10.4 Å². The van der Waals surface area contributed by atoms with Crippen LogP contribution in [0.1, 0.15) is 31.9 Å². The topological polar surface area (TPSA) is 79.3 Å². The molecule has 1 saturated carbocycles. The molecule has 3 atom stereocenters. The standard InChI is InChI=1S/C15H20N2O3/c1-3-10-7-11(12(8-10)15(19)20)14(18)17-13-6-4-5-9(2)16-13/h4-6,10-12H,3,7-8H2,1-2H3,(H,19,20)(H,16,17,18). The average Bonchev–Trinajstić information content (AvgIpc) is 2.83. The Labute approximate surface area is 118 Å². The first-order valence-corrected chi connectivity index (χ1v) is 6.98. The van der Waals surface area contributed by atoms with Crippen molar-refractivity contribution in [2.24, 2.45) is 17.8 Å². The molecule has 1 aromatic rings. The van der Waals surface area contributed by atoms with E-state index in [4.69, 9.17) is 0 Å². The minimum atomic E-state index is -0.877. The molecule has 2 N–H and O–H groups in total. The van der Waals surface area contributed by atoms with Crippen molar-refractivity contribution in [1.82, 2.24) is 4.98 Å². The van der Waals surface area contributed by atoms with Crippen LogP contribution >= 0.6 is 0 Å². The van der Waals surface area contributed by atoms with Crippen molar-refractivity contribution in [2.45, 2.75) is 33.1 Å². The van der Waals surface area contributed by atoms with Gasteiger partial charge in [0, 0.05) is 5.69 Å². The van der Waals surface area contributed by atoms with Crippen LogP contribution in [0.3, 0.4) is 0 Å². The third kappa shape index (κ3) is 3.15. The van der Waals surface area contributed by atoms with Gasteiger partial charge in [0.05, 0.1) is 11.8 Å². The van der Waals surface area contributed by atoms with Gasteiger partial charge in [-0.05, 0) is 37.8 Å². The molecule has 0 aromatic carbocycles. The number of carboxylic acid groups (broad SMARTS) is 1. The second-order valence-electron chi connectivity index (χ2n) is 5.45. The van der Waals surface area contributed by atoms with Crippen LogP contribution < -0.4 is 5.32 Å². The molecule has 0 aliphatic heterocycles. The molecular weight excluding hydrogens is 256 g/mol. The maximum absolute atomic E-state index is 12.3. The Morgan fingerprint density at radius 2 is 2.05 bits per heavy atom. The number of nitrogens with zero attached hydrogens (tertiary/aromatic N) is 1. The lowest BCUT2D eigenvalue weighted by Gasteiger charge is -2.15. The number of carboxylic acids is 1. The second-order valence-corrected chi connectivity index (χ2v) is 5.45. The number of hydrogen-bond donors (Lipinski definition) is 2. The van der Waals surface area contributed by atoms with Crippen LogP contribution in [0.5, 0.6) is 0 Å². The smallest absolute Gasteiger partial charge is 0.307 e. The van der Waals surface area contributed by atoms with E-state index >= 15 is 0 Å². The van der Waals surface area contributed by atoms with Crippen molar-refractivity contribution in [3.8, 4) is 0 Å². The molecule has 1 heterocycles. The Morgan fingerprint density at radius 1 is 1.35 bits per heavy atom. The molecule has 1 aromatic heterocycles. The zero-order chi connectivity index (χ0) is 14.7. The first kappa shape index (κ1) is 14.5. The van der Waals surface area contributed by atoms with Crippen molar-refractivity contribution >= 4 is 17.7 Å². The van der Waals surface area contributed by atoms with Crippen LogP contribution in [-0.4, -0.2) is 22.0 Å². The summed E-state index contributed by atoms with van der Waals surface area (Å²) in [5, 5.41) is 12.0. The Balaban J connectivity index is 2.09. The molecule has 5 nitrogen and oxygen atoms in total. The average molecular weight is 276 g/mol. The number of rotatable bonds is 4. The number of anilines is 1. The van der Waals surface area contributed by atoms with E-state index in [0.717, 1.165) is 12.1 Å². The molecule has 1 fully saturated rings. The number of hydrogen-bond acceptors (Lipinski definition) is 3. The first-order valence-electron chi connectivity index (χ1n) is 6.98. The summed E-state index contributed by atoms with van der Waals surface area (Å²) in [7, 11) is 0. The van der Waals surface area contributed by atoms with Crippen molar-refractivity contribution in [2.75, 3.05) is 5.32 Å². The van der Waals surface area contributed by atoms with Gasteiger partial charge in [0.2, 0.25) is 5.91 Å². The summed E-state index contributed by atoms with van der Waals surface area (Å²) in [5.41, 5.74) is 0.815. The van der Waals surface area contributed by atoms with Gasteiger partial charge in [0.15, 0.2) is 0 Å². The van der Waals surface area contributed by atoms with Gasteiger partial charge in [-0.2, -0.15) is 0 Å². The highest BCUT2D eigenvalue weighted by molar-refractivity contribution is 5.94. The molecule has 0 radical (unpaired) electrons. The summed E-state index contributed by atoms with van der Waals surface area (Å²) < 4.78 is 0. The first-order chi connectivity index (χ1) is 9.51. The third-order valence-electron chi connectivity index (χ3n) is 4.03. The number of carbonyl (C=O) groups is 2. The van der Waals surface area contributed by atoms with E-state index in [1.165, 1.54) is 0 Å². The highest BCUT2D eigenvalue weighted by atomic mass is 16.4. The van der Waals surface area contributed by atoms with Crippen molar-refractivity contribution < 1.29 is 14.7 Å². The van der Waals surface area contributed by atoms with Gasteiger partial charge in [-0.15, -0.1) is 0 Å². The third-order valence-corrected chi connectivity index (χ3v) is 4.03. The molecular formula is C15H20N2O3. The number of amides is 1. The predicted octanol–water partition coefficient (Wildman–Crippen LogP) is 2.47. The van der Waals surface area contributed by atoms with Gasteiger partial charge in [-0.3, -0.25) is 9.59 Å². The minimum absolute atomic E-state index is 0.230. The SMILES string of the molecule is CCC1CC(C(=O)O)C(C(=O)Nc2cccc(C)n2)C1. The summed E-state index contributed by atoms with van der Waals surface area (Å²) in [4.78, 5) is 27.8. The number of aryl methyl sites for hydroxylation is 1. The fraction of sp³-hybridized carbons (Fsp3) is 0.533. The quantitative estimate of drug-likeness (QED) is 0.885. The zero-order valence-electron chi connectivity index (χ0n) is 11.8. The lowest BCUT2D eigenvalue weighted by Crippen LogP contribution is -2.30. The van der Waals surface area contributed by atoms with E-state index in [9.17, 15) is 14.7 Å². The maximum Gasteiger partial charge on any atom is 0.307 e. The molecule has 5 heteroatoms. The monoisotopic (exact) mass is 276 g/mol. The van der Waals surface area contributed by atoms with Crippen molar-refractivity contribution in [3.05, 3.63) is 23.9 Å². The van der Waals surface area contributed by atoms with Crippen LogP contribution in [0.4, 0.5) is 5.82 Å². The molecule has 0 spiro atoms. The Hall–Kier alpha value is -1.91. The van der Waals surface area contributed by atoms with Crippen LogP contribution in [0.15, 0.2) is 18.2 Å². The van der Waals surface area contributed by atoms with E-state index in [-0.39, 0.29) is 5.91 Å². The molecule has 1 amide bonds. The summed E-state index contributed by atoms with van der Waals surface area (Å²) in [6.07, 6.45) is 2.15. The zero-order valence-corrected chi connectivity index (χ0v) is 11.8. The normalized spacial score (nSPS) is 25.4. The van der Waals surface area contributed by atoms with Gasteiger partial charge in [0.1, 0.15) is 5.82 Å². The number of aromatic nitrogens is 1. The van der Waals surface area contributed by atoms with Crippen LogP contribution in [0.2, 0.25) is 0 Å². The van der Waals surface area contributed by atoms with Gasteiger partial charge in [-0.25, -0.2) is 4.98 Å². The van der Waals surface area contributed by atoms with E-state index in [2.05, 4.69) is 10.3 Å². The Kier molecular flexibility index (Phi) is 4.37. The lowest BCUT2D eigenvalue weighted by molar-refractivity contribution is -0.145. The van der Waals surface area contributed by atoms with Gasteiger partial charge in [0.25, 0.3) is 0 Å². The van der Waals surface area contributed by atoms with Gasteiger partial charge >= 0.3 is 5.97 Å². The number of aliphatic carboxylic acids is 1. The van der Waals surface area contributed by atoms with E-state index < -0.39 is 17.8 Å². The number of carbonyl (C=O) groups excluding carboxylic acids is 1. The summed E-state index contributed by atoms with van der Waals surface area (Å²) >= 11 is 0. The number of pyridine rings is 1. The Bertz CT molecular complexity index is 516. The van der Waals surface area contributed by atoms with Crippen molar-refractivity contribution in [3.63, 3.8) is 0 Å². The van der Waals surface area contributed by atoms with Crippen LogP contribution in [0.25, 0.3) is 0 Å². The summed E-state index contributed by atoms with van der Waals surface area (Å²) in [5.74, 6) is -1.34. The van der Waals surface area contributed by atoms with Gasteiger partial charge in [-0.1, -0.05) is 19.4 Å². The molecule has 20 heavy (non-hydrogen) atoms. The molecule has 0 bridgehead atoms.